The molecule has 1 atom stereocenters. The first-order valence-corrected chi connectivity index (χ1v) is 11.2. The minimum atomic E-state index is -0.909. The monoisotopic (exact) mass is 482 g/mol. The SMILES string of the molecule is COCCNC(=O)[C@H](c1ccc(Cl)cc1)N(CCOC)C(=O)CCC(=O)Nc1nccs1. The molecule has 1 aromatic heterocycles. The van der Waals surface area contributed by atoms with Gasteiger partial charge in [0.2, 0.25) is 17.7 Å². The largest absolute Gasteiger partial charge is 0.383 e. The lowest BCUT2D eigenvalue weighted by molar-refractivity contribution is -0.142. The number of nitrogens with one attached hydrogen (secondary N) is 2. The van der Waals surface area contributed by atoms with E-state index in [1.54, 1.807) is 35.8 Å². The second-order valence-electron chi connectivity index (χ2n) is 6.70. The molecule has 0 aliphatic rings. The van der Waals surface area contributed by atoms with Gasteiger partial charge >= 0.3 is 0 Å². The molecule has 0 spiro atoms. The van der Waals surface area contributed by atoms with E-state index in [-0.39, 0.29) is 43.7 Å². The second kappa shape index (κ2) is 13.8. The molecule has 0 saturated carbocycles. The fourth-order valence-electron chi connectivity index (χ4n) is 2.91. The molecular weight excluding hydrogens is 456 g/mol. The third-order valence-electron chi connectivity index (χ3n) is 4.45. The first-order chi connectivity index (χ1) is 15.5. The number of thiazole rings is 1. The molecule has 11 heteroatoms. The average Bonchev–Trinajstić information content (AvgIpc) is 3.29. The van der Waals surface area contributed by atoms with Crippen LogP contribution in [0.25, 0.3) is 0 Å². The normalized spacial score (nSPS) is 11.6. The van der Waals surface area contributed by atoms with Crippen LogP contribution in [0.2, 0.25) is 5.02 Å². The number of ether oxygens (including phenoxy) is 2. The number of carbonyl (C=O) groups excluding carboxylic acids is 3. The fraction of sp³-hybridized carbons (Fsp3) is 0.429. The number of benzene rings is 1. The Bertz CT molecular complexity index is 864. The molecule has 0 saturated heterocycles. The van der Waals surface area contributed by atoms with Crippen LogP contribution in [-0.4, -0.2) is 68.1 Å². The summed E-state index contributed by atoms with van der Waals surface area (Å²) in [7, 11) is 3.05. The van der Waals surface area contributed by atoms with Gasteiger partial charge in [0.15, 0.2) is 5.13 Å². The molecule has 1 heterocycles. The van der Waals surface area contributed by atoms with Crippen LogP contribution in [0.4, 0.5) is 5.13 Å². The first-order valence-electron chi connectivity index (χ1n) is 9.96. The predicted molar refractivity (Wildman–Crippen MR) is 123 cm³/mol. The molecular formula is C21H27ClN4O5S. The van der Waals surface area contributed by atoms with E-state index < -0.39 is 6.04 Å². The van der Waals surface area contributed by atoms with Crippen molar-refractivity contribution in [1.82, 2.24) is 15.2 Å². The van der Waals surface area contributed by atoms with E-state index in [0.29, 0.717) is 28.9 Å². The Labute approximate surface area is 196 Å². The van der Waals surface area contributed by atoms with Gasteiger partial charge in [0, 0.05) is 56.8 Å². The maximum atomic E-state index is 13.1. The van der Waals surface area contributed by atoms with E-state index in [1.165, 1.54) is 30.5 Å². The van der Waals surface area contributed by atoms with Gasteiger partial charge in [-0.3, -0.25) is 14.4 Å². The predicted octanol–water partition coefficient (Wildman–Crippen LogP) is 2.49. The van der Waals surface area contributed by atoms with Crippen LogP contribution < -0.4 is 10.6 Å². The van der Waals surface area contributed by atoms with Crippen molar-refractivity contribution in [2.24, 2.45) is 0 Å². The molecule has 1 aromatic carbocycles. The summed E-state index contributed by atoms with van der Waals surface area (Å²) < 4.78 is 10.1. The summed E-state index contributed by atoms with van der Waals surface area (Å²) in [6.07, 6.45) is 1.47. The molecule has 174 valence electrons. The molecule has 2 rings (SSSR count). The Hall–Kier alpha value is -2.53. The van der Waals surface area contributed by atoms with Gasteiger partial charge in [-0.2, -0.15) is 0 Å². The number of methoxy groups -OCH3 is 2. The van der Waals surface area contributed by atoms with E-state index in [1.807, 2.05) is 0 Å². The smallest absolute Gasteiger partial charge is 0.247 e. The summed E-state index contributed by atoms with van der Waals surface area (Å²) in [5, 5.41) is 8.16. The minimum absolute atomic E-state index is 0.0411. The van der Waals surface area contributed by atoms with Crippen molar-refractivity contribution in [2.45, 2.75) is 18.9 Å². The summed E-state index contributed by atoms with van der Waals surface area (Å²) in [6.45, 7) is 1.03. The van der Waals surface area contributed by atoms with Crippen molar-refractivity contribution in [2.75, 3.05) is 45.8 Å². The standard InChI is InChI=1S/C21H27ClN4O5S/c1-30-12-9-23-20(29)19(15-3-5-16(22)6-4-15)26(11-13-31-2)18(28)8-7-17(27)25-21-24-10-14-32-21/h3-6,10,14,19H,7-9,11-13H2,1-2H3,(H,23,29)(H,24,25,27)/t19-/m0/s1. The highest BCUT2D eigenvalue weighted by atomic mass is 35.5. The van der Waals surface area contributed by atoms with Crippen LogP contribution in [0.3, 0.4) is 0 Å². The van der Waals surface area contributed by atoms with Crippen LogP contribution in [0.1, 0.15) is 24.4 Å². The second-order valence-corrected chi connectivity index (χ2v) is 8.03. The highest BCUT2D eigenvalue weighted by molar-refractivity contribution is 7.13. The topological polar surface area (TPSA) is 110 Å². The number of rotatable bonds is 13. The summed E-state index contributed by atoms with van der Waals surface area (Å²) >= 11 is 7.29. The van der Waals surface area contributed by atoms with Gasteiger partial charge in [-0.15, -0.1) is 11.3 Å². The van der Waals surface area contributed by atoms with Crippen LogP contribution in [0.15, 0.2) is 35.8 Å². The maximum absolute atomic E-state index is 13.1. The van der Waals surface area contributed by atoms with E-state index in [4.69, 9.17) is 21.1 Å². The summed E-state index contributed by atoms with van der Waals surface area (Å²) in [6, 6.07) is 5.81. The van der Waals surface area contributed by atoms with Crippen molar-refractivity contribution in [1.29, 1.82) is 0 Å². The van der Waals surface area contributed by atoms with Gasteiger partial charge < -0.3 is 25.0 Å². The van der Waals surface area contributed by atoms with E-state index in [9.17, 15) is 14.4 Å². The van der Waals surface area contributed by atoms with Crippen molar-refractivity contribution in [3.8, 4) is 0 Å². The van der Waals surface area contributed by atoms with Gasteiger partial charge in [-0.1, -0.05) is 23.7 Å². The first kappa shape index (κ1) is 25.7. The molecule has 2 N–H and O–H groups in total. The zero-order valence-electron chi connectivity index (χ0n) is 18.0. The zero-order chi connectivity index (χ0) is 23.3. The highest BCUT2D eigenvalue weighted by Gasteiger charge is 2.31. The van der Waals surface area contributed by atoms with Crippen LogP contribution in [0.5, 0.6) is 0 Å². The minimum Gasteiger partial charge on any atom is -0.383 e. The van der Waals surface area contributed by atoms with Crippen molar-refractivity contribution in [3.05, 3.63) is 46.4 Å². The van der Waals surface area contributed by atoms with Gasteiger partial charge in [0.25, 0.3) is 0 Å². The molecule has 9 nitrogen and oxygen atoms in total. The zero-order valence-corrected chi connectivity index (χ0v) is 19.6. The summed E-state index contributed by atoms with van der Waals surface area (Å²) in [4.78, 5) is 43.8. The lowest BCUT2D eigenvalue weighted by atomic mass is 10.0. The van der Waals surface area contributed by atoms with Crippen LogP contribution in [-0.2, 0) is 23.9 Å². The molecule has 0 bridgehead atoms. The quantitative estimate of drug-likeness (QED) is 0.424. The molecule has 0 radical (unpaired) electrons. The van der Waals surface area contributed by atoms with Crippen LogP contribution in [0, 0.1) is 0 Å². The van der Waals surface area contributed by atoms with Gasteiger partial charge in [0.1, 0.15) is 6.04 Å². The lowest BCUT2D eigenvalue weighted by Gasteiger charge is -2.31. The Morgan fingerprint density at radius 1 is 1.12 bits per heavy atom. The molecule has 0 aliphatic heterocycles. The number of aromatic nitrogens is 1. The molecule has 0 aliphatic carbocycles. The number of hydrogen-bond donors (Lipinski definition) is 2. The third kappa shape index (κ3) is 8.19. The van der Waals surface area contributed by atoms with Crippen molar-refractivity contribution >= 4 is 45.8 Å². The lowest BCUT2D eigenvalue weighted by Crippen LogP contribution is -2.45. The van der Waals surface area contributed by atoms with E-state index in [2.05, 4.69) is 15.6 Å². The number of carbonyl (C=O) groups is 3. The number of nitrogens with zero attached hydrogens (tertiary/aromatic N) is 2. The number of hydrogen-bond acceptors (Lipinski definition) is 7. The summed E-state index contributed by atoms with van der Waals surface area (Å²) in [5.74, 6) is -1.04. The Morgan fingerprint density at radius 3 is 2.47 bits per heavy atom. The Kier molecular flexibility index (Phi) is 11.1. The Morgan fingerprint density at radius 2 is 1.84 bits per heavy atom. The van der Waals surface area contributed by atoms with Crippen molar-refractivity contribution < 1.29 is 23.9 Å². The van der Waals surface area contributed by atoms with Gasteiger partial charge in [-0.05, 0) is 17.7 Å². The van der Waals surface area contributed by atoms with Crippen LogP contribution >= 0.6 is 22.9 Å². The fourth-order valence-corrected chi connectivity index (χ4v) is 3.58. The van der Waals surface area contributed by atoms with E-state index in [0.717, 1.165) is 0 Å². The molecule has 0 unspecified atom stereocenters. The number of amides is 3. The summed E-state index contributed by atoms with van der Waals surface area (Å²) in [5.41, 5.74) is 0.598. The Balaban J connectivity index is 2.17. The van der Waals surface area contributed by atoms with Crippen molar-refractivity contribution in [3.63, 3.8) is 0 Å². The van der Waals surface area contributed by atoms with Gasteiger partial charge in [0.05, 0.1) is 13.2 Å². The average molecular weight is 483 g/mol. The number of anilines is 1. The number of halogens is 1. The van der Waals surface area contributed by atoms with Gasteiger partial charge in [-0.25, -0.2) is 4.98 Å². The molecule has 0 fully saturated rings. The maximum Gasteiger partial charge on any atom is 0.247 e. The highest BCUT2D eigenvalue weighted by Crippen LogP contribution is 2.24. The third-order valence-corrected chi connectivity index (χ3v) is 5.39. The molecule has 32 heavy (non-hydrogen) atoms. The molecule has 3 amide bonds. The van der Waals surface area contributed by atoms with E-state index >= 15 is 0 Å². The molecule has 2 aromatic rings.